The van der Waals surface area contributed by atoms with E-state index in [0.29, 0.717) is 6.04 Å². The summed E-state index contributed by atoms with van der Waals surface area (Å²) in [4.78, 5) is 2.73. The number of nitrogens with zero attached hydrogens (tertiary/aromatic N) is 1. The molecule has 92 valence electrons. The van der Waals surface area contributed by atoms with Crippen molar-refractivity contribution in [2.45, 2.75) is 63.5 Å². The van der Waals surface area contributed by atoms with Gasteiger partial charge in [0, 0.05) is 25.2 Å². The number of rotatable bonds is 1. The number of hydrogen-bond donors (Lipinski definition) is 1. The summed E-state index contributed by atoms with van der Waals surface area (Å²) in [7, 11) is 0. The lowest BCUT2D eigenvalue weighted by atomic mass is 9.68. The maximum Gasteiger partial charge on any atom is 0.0180 e. The third-order valence-corrected chi connectivity index (χ3v) is 5.26. The molecule has 0 aromatic heterocycles. The monoisotopic (exact) mass is 222 g/mol. The van der Waals surface area contributed by atoms with E-state index in [9.17, 15) is 0 Å². The van der Waals surface area contributed by atoms with E-state index in [1.165, 1.54) is 64.5 Å². The molecule has 0 amide bonds. The summed E-state index contributed by atoms with van der Waals surface area (Å²) in [5, 5.41) is 0. The first-order valence-corrected chi connectivity index (χ1v) is 7.34. The van der Waals surface area contributed by atoms with Gasteiger partial charge in [0.1, 0.15) is 0 Å². The van der Waals surface area contributed by atoms with Crippen molar-refractivity contribution in [1.82, 2.24) is 4.90 Å². The Kier molecular flexibility index (Phi) is 3.21. The Labute approximate surface area is 99.6 Å². The van der Waals surface area contributed by atoms with Crippen LogP contribution in [-0.2, 0) is 0 Å². The summed E-state index contributed by atoms with van der Waals surface area (Å²) in [5.41, 5.74) is 6.06. The lowest BCUT2D eigenvalue weighted by Gasteiger charge is -2.45. The van der Waals surface area contributed by atoms with Crippen LogP contribution in [0.3, 0.4) is 0 Å². The maximum atomic E-state index is 6.06. The van der Waals surface area contributed by atoms with Gasteiger partial charge in [0.2, 0.25) is 0 Å². The second kappa shape index (κ2) is 4.66. The summed E-state index contributed by atoms with van der Waals surface area (Å²) < 4.78 is 0. The van der Waals surface area contributed by atoms with Crippen molar-refractivity contribution < 1.29 is 0 Å². The largest absolute Gasteiger partial charge is 0.326 e. The molecule has 2 aliphatic carbocycles. The van der Waals surface area contributed by atoms with Crippen LogP contribution in [0.15, 0.2) is 0 Å². The molecule has 1 heterocycles. The predicted octanol–water partition coefficient (Wildman–Crippen LogP) is 2.38. The lowest BCUT2D eigenvalue weighted by molar-refractivity contribution is 0.0539. The van der Waals surface area contributed by atoms with Gasteiger partial charge in [-0.25, -0.2) is 0 Å². The molecule has 0 aromatic rings. The molecule has 2 saturated carbocycles. The van der Waals surface area contributed by atoms with Crippen LogP contribution in [0.4, 0.5) is 0 Å². The van der Waals surface area contributed by atoms with E-state index in [2.05, 4.69) is 4.90 Å². The normalized spacial score (nSPS) is 45.6. The van der Waals surface area contributed by atoms with Gasteiger partial charge < -0.3 is 5.73 Å². The van der Waals surface area contributed by atoms with E-state index < -0.39 is 0 Å². The molecule has 3 rings (SSSR count). The van der Waals surface area contributed by atoms with Crippen molar-refractivity contribution >= 4 is 0 Å². The second-order valence-corrected chi connectivity index (χ2v) is 6.25. The van der Waals surface area contributed by atoms with Crippen LogP contribution < -0.4 is 5.73 Å². The molecule has 4 atom stereocenters. The molecule has 3 fully saturated rings. The van der Waals surface area contributed by atoms with Gasteiger partial charge in [-0.3, -0.25) is 4.90 Å². The minimum Gasteiger partial charge on any atom is -0.326 e. The first-order valence-electron chi connectivity index (χ1n) is 7.34. The van der Waals surface area contributed by atoms with Gasteiger partial charge in [0.25, 0.3) is 0 Å². The average molecular weight is 222 g/mol. The summed E-state index contributed by atoms with van der Waals surface area (Å²) in [5.74, 6) is 2.08. The van der Waals surface area contributed by atoms with Crippen LogP contribution >= 0.6 is 0 Å². The van der Waals surface area contributed by atoms with Crippen molar-refractivity contribution in [2.24, 2.45) is 17.6 Å². The van der Waals surface area contributed by atoms with E-state index in [1.54, 1.807) is 0 Å². The molecular weight excluding hydrogens is 196 g/mol. The maximum absolute atomic E-state index is 6.06. The summed E-state index contributed by atoms with van der Waals surface area (Å²) in [6, 6.07) is 1.36. The highest BCUT2D eigenvalue weighted by molar-refractivity contribution is 4.93. The van der Waals surface area contributed by atoms with Crippen LogP contribution in [0.1, 0.15) is 51.4 Å². The SMILES string of the molecule is N[C@H]1CCN([C@H]2CCC[C@@H]3CCCC[C@@H]32)C1. The first-order chi connectivity index (χ1) is 7.84. The number of fused-ring (bicyclic) bond motifs is 1. The van der Waals surface area contributed by atoms with Gasteiger partial charge in [-0.05, 0) is 31.1 Å². The number of nitrogens with two attached hydrogens (primary N) is 1. The van der Waals surface area contributed by atoms with Crippen molar-refractivity contribution in [3.05, 3.63) is 0 Å². The average Bonchev–Trinajstić information content (AvgIpc) is 2.75. The molecule has 2 nitrogen and oxygen atoms in total. The fourth-order valence-corrected chi connectivity index (χ4v) is 4.47. The van der Waals surface area contributed by atoms with Crippen LogP contribution in [-0.4, -0.2) is 30.1 Å². The minimum atomic E-state index is 0.462. The minimum absolute atomic E-state index is 0.462. The zero-order valence-electron chi connectivity index (χ0n) is 10.4. The first kappa shape index (κ1) is 11.0. The molecule has 0 spiro atoms. The Morgan fingerprint density at radius 3 is 2.50 bits per heavy atom. The van der Waals surface area contributed by atoms with E-state index in [0.717, 1.165) is 17.9 Å². The second-order valence-electron chi connectivity index (χ2n) is 6.25. The molecule has 3 aliphatic rings. The molecule has 0 aromatic carbocycles. The predicted molar refractivity (Wildman–Crippen MR) is 67.3 cm³/mol. The lowest BCUT2D eigenvalue weighted by Crippen LogP contribution is -2.46. The zero-order chi connectivity index (χ0) is 11.0. The van der Waals surface area contributed by atoms with Gasteiger partial charge in [0.05, 0.1) is 0 Å². The molecule has 0 radical (unpaired) electrons. The molecule has 1 saturated heterocycles. The molecule has 16 heavy (non-hydrogen) atoms. The third kappa shape index (κ3) is 2.02. The molecule has 1 aliphatic heterocycles. The van der Waals surface area contributed by atoms with Gasteiger partial charge in [0.15, 0.2) is 0 Å². The Morgan fingerprint density at radius 2 is 1.69 bits per heavy atom. The molecule has 0 bridgehead atoms. The van der Waals surface area contributed by atoms with Crippen molar-refractivity contribution in [3.63, 3.8) is 0 Å². The molecule has 2 N–H and O–H groups in total. The van der Waals surface area contributed by atoms with Crippen LogP contribution in [0.5, 0.6) is 0 Å². The van der Waals surface area contributed by atoms with E-state index in [4.69, 9.17) is 5.73 Å². The fourth-order valence-electron chi connectivity index (χ4n) is 4.47. The smallest absolute Gasteiger partial charge is 0.0180 e. The van der Waals surface area contributed by atoms with E-state index in [1.807, 2.05) is 0 Å². The zero-order valence-corrected chi connectivity index (χ0v) is 10.4. The van der Waals surface area contributed by atoms with E-state index in [-0.39, 0.29) is 0 Å². The topological polar surface area (TPSA) is 29.3 Å². The summed E-state index contributed by atoms with van der Waals surface area (Å²) >= 11 is 0. The number of hydrogen-bond acceptors (Lipinski definition) is 2. The van der Waals surface area contributed by atoms with Gasteiger partial charge in [-0.15, -0.1) is 0 Å². The highest BCUT2D eigenvalue weighted by atomic mass is 15.2. The van der Waals surface area contributed by atoms with Gasteiger partial charge >= 0.3 is 0 Å². The standard InChI is InChI=1S/C14H26N2/c15-12-8-9-16(10-12)14-7-3-5-11-4-1-2-6-13(11)14/h11-14H,1-10,15H2/t11-,12-,13-,14-/m0/s1. The van der Waals surface area contributed by atoms with Crippen molar-refractivity contribution in [1.29, 1.82) is 0 Å². The van der Waals surface area contributed by atoms with Crippen molar-refractivity contribution in [2.75, 3.05) is 13.1 Å². The third-order valence-electron chi connectivity index (χ3n) is 5.26. The quantitative estimate of drug-likeness (QED) is 0.738. The number of likely N-dealkylation sites (tertiary alicyclic amines) is 1. The fraction of sp³-hybridized carbons (Fsp3) is 1.00. The highest BCUT2D eigenvalue weighted by Crippen LogP contribution is 2.43. The van der Waals surface area contributed by atoms with Crippen molar-refractivity contribution in [3.8, 4) is 0 Å². The Bertz CT molecular complexity index is 239. The molecular formula is C14H26N2. The Hall–Kier alpha value is -0.0800. The van der Waals surface area contributed by atoms with Gasteiger partial charge in [-0.1, -0.05) is 32.1 Å². The molecule has 2 heteroatoms. The summed E-state index contributed by atoms with van der Waals surface area (Å²) in [6.07, 6.45) is 11.7. The highest BCUT2D eigenvalue weighted by Gasteiger charge is 2.39. The summed E-state index contributed by atoms with van der Waals surface area (Å²) in [6.45, 7) is 2.45. The Balaban J connectivity index is 1.68. The Morgan fingerprint density at radius 1 is 0.875 bits per heavy atom. The van der Waals surface area contributed by atoms with Crippen LogP contribution in [0.2, 0.25) is 0 Å². The van der Waals surface area contributed by atoms with E-state index >= 15 is 0 Å². The van der Waals surface area contributed by atoms with Gasteiger partial charge in [-0.2, -0.15) is 0 Å². The van der Waals surface area contributed by atoms with Crippen LogP contribution in [0.25, 0.3) is 0 Å². The molecule has 0 unspecified atom stereocenters. The van der Waals surface area contributed by atoms with Crippen LogP contribution in [0, 0.1) is 11.8 Å².